The lowest BCUT2D eigenvalue weighted by molar-refractivity contribution is 0.0971. The number of nitrogens with zero attached hydrogens (tertiary/aromatic N) is 1. The number of carbonyl (C=O) groups excluding carboxylic acids is 2. The van der Waals surface area contributed by atoms with Crippen LogP contribution in [-0.4, -0.2) is 16.3 Å². The molecule has 0 spiro atoms. The van der Waals surface area contributed by atoms with Crippen LogP contribution >= 0.6 is 0 Å². The van der Waals surface area contributed by atoms with Gasteiger partial charge in [0.25, 0.3) is 11.5 Å². The normalized spacial score (nSPS) is 13.1. The maximum absolute atomic E-state index is 13.9. The molecular weight excluding hydrogens is 371 g/mol. The lowest BCUT2D eigenvalue weighted by atomic mass is 9.92. The van der Waals surface area contributed by atoms with Crippen LogP contribution in [0.3, 0.4) is 0 Å². The summed E-state index contributed by atoms with van der Waals surface area (Å²) in [7, 11) is 0. The van der Waals surface area contributed by atoms with Crippen molar-refractivity contribution in [2.75, 3.05) is 5.32 Å². The zero-order valence-corrected chi connectivity index (χ0v) is 15.9. The van der Waals surface area contributed by atoms with Gasteiger partial charge in [-0.05, 0) is 50.1 Å². The monoisotopic (exact) mass is 390 g/mol. The highest BCUT2D eigenvalue weighted by atomic mass is 19.1. The average molecular weight is 390 g/mol. The second kappa shape index (κ2) is 7.47. The van der Waals surface area contributed by atoms with E-state index in [1.807, 2.05) is 19.1 Å². The second-order valence-corrected chi connectivity index (χ2v) is 7.11. The number of para-hydroxylation sites is 1. The van der Waals surface area contributed by atoms with E-state index in [-0.39, 0.29) is 17.0 Å². The third-order valence-corrected chi connectivity index (χ3v) is 5.08. The van der Waals surface area contributed by atoms with Crippen LogP contribution < -0.4 is 10.9 Å². The topological polar surface area (TPSA) is 68.2 Å². The maximum Gasteiger partial charge on any atom is 0.268 e. The third-order valence-electron chi connectivity index (χ3n) is 5.08. The van der Waals surface area contributed by atoms with Gasteiger partial charge in [-0.15, -0.1) is 0 Å². The van der Waals surface area contributed by atoms with Crippen LogP contribution in [-0.2, 0) is 6.42 Å². The number of nitrogens with one attached hydrogen (secondary N) is 1. The number of hydrogen-bond acceptors (Lipinski definition) is 3. The molecule has 1 amide bonds. The Balaban J connectivity index is 1.88. The highest BCUT2D eigenvalue weighted by molar-refractivity contribution is 6.06. The van der Waals surface area contributed by atoms with Crippen LogP contribution in [0.1, 0.15) is 44.8 Å². The molecular formula is C23H19FN2O3. The molecule has 0 aliphatic heterocycles. The predicted molar refractivity (Wildman–Crippen MR) is 108 cm³/mol. The SMILES string of the molecule is Cc1ccc(-n2c3c(cc(C(=O)Nc4ccccc4F)c2=O)C(=O)CCC3)cc1. The maximum atomic E-state index is 13.9. The quantitative estimate of drug-likeness (QED) is 0.733. The van der Waals surface area contributed by atoms with E-state index in [1.165, 1.54) is 28.8 Å². The van der Waals surface area contributed by atoms with Crippen molar-refractivity contribution in [2.24, 2.45) is 0 Å². The molecule has 29 heavy (non-hydrogen) atoms. The van der Waals surface area contributed by atoms with Gasteiger partial charge >= 0.3 is 0 Å². The summed E-state index contributed by atoms with van der Waals surface area (Å²) in [5.41, 5.74) is 1.85. The largest absolute Gasteiger partial charge is 0.319 e. The number of Topliss-reactive ketones (excluding diaryl/α,β-unsaturated/α-hetero) is 1. The molecule has 5 nitrogen and oxygen atoms in total. The van der Waals surface area contributed by atoms with Crippen LogP contribution in [0.2, 0.25) is 0 Å². The van der Waals surface area contributed by atoms with Crippen molar-refractivity contribution in [3.05, 3.63) is 93.2 Å². The van der Waals surface area contributed by atoms with E-state index in [0.717, 1.165) is 5.56 Å². The van der Waals surface area contributed by atoms with E-state index in [4.69, 9.17) is 0 Å². The number of amides is 1. The molecule has 0 saturated carbocycles. The molecule has 0 radical (unpaired) electrons. The van der Waals surface area contributed by atoms with Gasteiger partial charge in [-0.25, -0.2) is 4.39 Å². The minimum Gasteiger partial charge on any atom is -0.319 e. The van der Waals surface area contributed by atoms with Crippen molar-refractivity contribution < 1.29 is 14.0 Å². The number of carbonyl (C=O) groups is 2. The van der Waals surface area contributed by atoms with Crippen molar-refractivity contribution in [3.8, 4) is 5.69 Å². The zero-order valence-electron chi connectivity index (χ0n) is 15.9. The predicted octanol–water partition coefficient (Wildman–Crippen LogP) is 4.06. The number of rotatable bonds is 3. The molecule has 1 N–H and O–H groups in total. The minimum absolute atomic E-state index is 0.0252. The molecule has 0 bridgehead atoms. The molecule has 1 heterocycles. The molecule has 3 aromatic rings. The van der Waals surface area contributed by atoms with Crippen LogP contribution in [0.4, 0.5) is 10.1 Å². The Morgan fingerprint density at radius 3 is 2.48 bits per heavy atom. The number of benzene rings is 2. The molecule has 0 atom stereocenters. The summed E-state index contributed by atoms with van der Waals surface area (Å²) < 4.78 is 15.4. The molecule has 0 unspecified atom stereocenters. The molecule has 0 fully saturated rings. The molecule has 1 aromatic heterocycles. The summed E-state index contributed by atoms with van der Waals surface area (Å²) >= 11 is 0. The third kappa shape index (κ3) is 3.49. The molecule has 146 valence electrons. The number of fused-ring (bicyclic) bond motifs is 1. The van der Waals surface area contributed by atoms with Crippen molar-refractivity contribution in [2.45, 2.75) is 26.2 Å². The smallest absolute Gasteiger partial charge is 0.268 e. The Bertz CT molecular complexity index is 1180. The first kappa shape index (κ1) is 18.8. The standard InChI is InChI=1S/C23H19FN2O3/c1-14-9-11-15(12-10-14)26-20-7-4-8-21(27)16(20)13-17(23(26)29)22(28)25-19-6-3-2-5-18(19)24/h2-3,5-6,9-13H,4,7-8H2,1H3,(H,25,28). The molecule has 0 saturated heterocycles. The van der Waals surface area contributed by atoms with Gasteiger partial charge in [0.05, 0.1) is 5.69 Å². The molecule has 6 heteroatoms. The van der Waals surface area contributed by atoms with E-state index in [0.29, 0.717) is 36.2 Å². The summed E-state index contributed by atoms with van der Waals surface area (Å²) in [6.45, 7) is 1.93. The van der Waals surface area contributed by atoms with Gasteiger partial charge in [-0.1, -0.05) is 29.8 Å². The number of ketones is 1. The van der Waals surface area contributed by atoms with E-state index in [1.54, 1.807) is 18.2 Å². The average Bonchev–Trinajstić information content (AvgIpc) is 2.70. The van der Waals surface area contributed by atoms with Gasteiger partial charge in [-0.3, -0.25) is 19.0 Å². The summed E-state index contributed by atoms with van der Waals surface area (Å²) in [5.74, 6) is -1.46. The molecule has 2 aromatic carbocycles. The zero-order chi connectivity index (χ0) is 20.5. The van der Waals surface area contributed by atoms with Crippen LogP contribution in [0.5, 0.6) is 0 Å². The first-order valence-electron chi connectivity index (χ1n) is 9.41. The lowest BCUT2D eigenvalue weighted by Gasteiger charge is -2.21. The highest BCUT2D eigenvalue weighted by Gasteiger charge is 2.26. The first-order chi connectivity index (χ1) is 14.0. The number of hydrogen-bond donors (Lipinski definition) is 1. The van der Waals surface area contributed by atoms with Crippen molar-refractivity contribution >= 4 is 17.4 Å². The highest BCUT2D eigenvalue weighted by Crippen LogP contribution is 2.24. The Morgan fingerprint density at radius 1 is 1.03 bits per heavy atom. The van der Waals surface area contributed by atoms with Gasteiger partial charge in [0.15, 0.2) is 5.78 Å². The molecule has 1 aliphatic rings. The minimum atomic E-state index is -0.748. The van der Waals surface area contributed by atoms with E-state index in [9.17, 15) is 18.8 Å². The number of halogens is 1. The Labute approximate surface area is 166 Å². The van der Waals surface area contributed by atoms with Gasteiger partial charge in [0.1, 0.15) is 11.4 Å². The fourth-order valence-electron chi connectivity index (χ4n) is 3.57. The van der Waals surface area contributed by atoms with Crippen molar-refractivity contribution in [1.29, 1.82) is 0 Å². The van der Waals surface area contributed by atoms with Gasteiger partial charge in [0, 0.05) is 23.4 Å². The Hall–Kier alpha value is -3.54. The number of anilines is 1. The Morgan fingerprint density at radius 2 is 1.76 bits per heavy atom. The summed E-state index contributed by atoms with van der Waals surface area (Å²) in [4.78, 5) is 38.6. The van der Waals surface area contributed by atoms with Crippen molar-refractivity contribution in [3.63, 3.8) is 0 Å². The lowest BCUT2D eigenvalue weighted by Crippen LogP contribution is -2.33. The summed E-state index contributed by atoms with van der Waals surface area (Å²) in [5, 5.41) is 2.44. The van der Waals surface area contributed by atoms with Crippen molar-refractivity contribution in [1.82, 2.24) is 4.57 Å². The van der Waals surface area contributed by atoms with Gasteiger partial charge < -0.3 is 5.32 Å². The van der Waals surface area contributed by atoms with E-state index in [2.05, 4.69) is 5.32 Å². The fraction of sp³-hybridized carbons (Fsp3) is 0.174. The van der Waals surface area contributed by atoms with Gasteiger partial charge in [0.2, 0.25) is 0 Å². The summed E-state index contributed by atoms with van der Waals surface area (Å²) in [6.07, 6.45) is 1.59. The fourth-order valence-corrected chi connectivity index (χ4v) is 3.57. The van der Waals surface area contributed by atoms with E-state index >= 15 is 0 Å². The first-order valence-corrected chi connectivity index (χ1v) is 9.41. The molecule has 1 aliphatic carbocycles. The Kier molecular flexibility index (Phi) is 4.84. The number of pyridine rings is 1. The molecule has 4 rings (SSSR count). The summed E-state index contributed by atoms with van der Waals surface area (Å²) in [6, 6.07) is 14.4. The van der Waals surface area contributed by atoms with E-state index < -0.39 is 17.3 Å². The second-order valence-electron chi connectivity index (χ2n) is 7.11. The number of aromatic nitrogens is 1. The van der Waals surface area contributed by atoms with Crippen LogP contribution in [0.15, 0.2) is 59.4 Å². The number of aryl methyl sites for hydroxylation is 1. The van der Waals surface area contributed by atoms with Gasteiger partial charge in [-0.2, -0.15) is 0 Å². The van der Waals surface area contributed by atoms with Crippen LogP contribution in [0.25, 0.3) is 5.69 Å². The van der Waals surface area contributed by atoms with Crippen LogP contribution in [0, 0.1) is 12.7 Å².